The maximum absolute atomic E-state index is 6.25. The molecule has 3 aromatic rings. The van der Waals surface area contributed by atoms with Crippen LogP contribution in [0.2, 0.25) is 10.0 Å². The molecule has 2 aromatic carbocycles. The van der Waals surface area contributed by atoms with Crippen molar-refractivity contribution in [1.82, 2.24) is 9.97 Å². The van der Waals surface area contributed by atoms with Crippen molar-refractivity contribution in [2.24, 2.45) is 0 Å². The Hall–Kier alpha value is -1.84. The van der Waals surface area contributed by atoms with E-state index in [1.165, 1.54) is 0 Å². The van der Waals surface area contributed by atoms with Gasteiger partial charge in [0.15, 0.2) is 5.82 Å². The van der Waals surface area contributed by atoms with Crippen molar-refractivity contribution in [3.05, 3.63) is 52.0 Å². The standard InChI is InChI=1S/C15H11Cl2N3/c1-8-2-4-10(12(17)6-8)15-19-13-5-3-9(16)7-11(13)14(18)20-15/h2-7H,1H3,(H2,18,19,20). The minimum Gasteiger partial charge on any atom is -0.383 e. The predicted molar refractivity (Wildman–Crippen MR) is 84.1 cm³/mol. The SMILES string of the molecule is Cc1ccc(-c2nc(N)c3cc(Cl)ccc3n2)c(Cl)c1. The molecule has 0 atom stereocenters. The van der Waals surface area contributed by atoms with Gasteiger partial charge in [0.1, 0.15) is 5.82 Å². The van der Waals surface area contributed by atoms with Gasteiger partial charge in [-0.05, 0) is 42.8 Å². The van der Waals surface area contributed by atoms with Crippen molar-refractivity contribution in [3.63, 3.8) is 0 Å². The number of nitrogens with zero attached hydrogens (tertiary/aromatic N) is 2. The fourth-order valence-corrected chi connectivity index (χ4v) is 2.54. The minimum absolute atomic E-state index is 0.393. The maximum Gasteiger partial charge on any atom is 0.163 e. The largest absolute Gasteiger partial charge is 0.383 e. The predicted octanol–water partition coefficient (Wildman–Crippen LogP) is 4.49. The van der Waals surface area contributed by atoms with Crippen LogP contribution in [0.4, 0.5) is 5.82 Å². The number of benzene rings is 2. The Morgan fingerprint density at radius 3 is 2.55 bits per heavy atom. The molecule has 100 valence electrons. The van der Waals surface area contributed by atoms with Gasteiger partial charge in [0, 0.05) is 16.0 Å². The highest BCUT2D eigenvalue weighted by Crippen LogP contribution is 2.30. The first-order valence-corrected chi connectivity index (χ1v) is 6.79. The van der Waals surface area contributed by atoms with Crippen molar-refractivity contribution >= 4 is 39.9 Å². The zero-order chi connectivity index (χ0) is 14.3. The highest BCUT2D eigenvalue weighted by molar-refractivity contribution is 6.33. The molecule has 0 spiro atoms. The summed E-state index contributed by atoms with van der Waals surface area (Å²) >= 11 is 12.2. The number of nitrogens with two attached hydrogens (primary N) is 1. The number of nitrogen functional groups attached to an aromatic ring is 1. The molecule has 0 radical (unpaired) electrons. The average molecular weight is 304 g/mol. The van der Waals surface area contributed by atoms with Crippen LogP contribution >= 0.6 is 23.2 Å². The summed E-state index contributed by atoms with van der Waals surface area (Å²) in [5.74, 6) is 0.909. The lowest BCUT2D eigenvalue weighted by atomic mass is 10.1. The lowest BCUT2D eigenvalue weighted by Gasteiger charge is -2.08. The normalized spacial score (nSPS) is 10.9. The second-order valence-corrected chi connectivity index (χ2v) is 5.42. The highest BCUT2D eigenvalue weighted by Gasteiger charge is 2.10. The van der Waals surface area contributed by atoms with Gasteiger partial charge in [-0.3, -0.25) is 0 Å². The summed E-state index contributed by atoms with van der Waals surface area (Å²) in [6, 6.07) is 11.1. The Labute approximate surface area is 126 Å². The third kappa shape index (κ3) is 2.30. The first-order chi connectivity index (χ1) is 9.54. The molecule has 0 fully saturated rings. The first-order valence-electron chi connectivity index (χ1n) is 6.04. The molecule has 0 saturated heterocycles. The summed E-state index contributed by atoms with van der Waals surface area (Å²) in [5.41, 5.74) is 8.58. The van der Waals surface area contributed by atoms with Crippen LogP contribution in [0.15, 0.2) is 36.4 Å². The van der Waals surface area contributed by atoms with Crippen LogP contribution in [-0.2, 0) is 0 Å². The molecule has 20 heavy (non-hydrogen) atoms. The summed E-state index contributed by atoms with van der Waals surface area (Å²) in [5, 5.41) is 1.95. The van der Waals surface area contributed by atoms with E-state index in [-0.39, 0.29) is 0 Å². The fourth-order valence-electron chi connectivity index (χ4n) is 2.05. The van der Waals surface area contributed by atoms with E-state index in [4.69, 9.17) is 28.9 Å². The molecule has 2 N–H and O–H groups in total. The third-order valence-electron chi connectivity index (χ3n) is 3.05. The highest BCUT2D eigenvalue weighted by atomic mass is 35.5. The Morgan fingerprint density at radius 2 is 1.80 bits per heavy atom. The Kier molecular flexibility index (Phi) is 3.24. The van der Waals surface area contributed by atoms with Crippen LogP contribution in [0.1, 0.15) is 5.56 Å². The molecule has 5 heteroatoms. The van der Waals surface area contributed by atoms with Crippen LogP contribution in [-0.4, -0.2) is 9.97 Å². The number of fused-ring (bicyclic) bond motifs is 1. The number of aromatic nitrogens is 2. The van der Waals surface area contributed by atoms with Gasteiger partial charge in [0.25, 0.3) is 0 Å². The molecule has 1 aromatic heterocycles. The quantitative estimate of drug-likeness (QED) is 0.720. The van der Waals surface area contributed by atoms with E-state index in [2.05, 4.69) is 9.97 Å². The van der Waals surface area contributed by atoms with E-state index in [1.54, 1.807) is 12.1 Å². The van der Waals surface area contributed by atoms with Crippen LogP contribution in [0, 0.1) is 6.92 Å². The number of aryl methyl sites for hydroxylation is 1. The molecule has 3 nitrogen and oxygen atoms in total. The first kappa shape index (κ1) is 13.2. The van der Waals surface area contributed by atoms with Gasteiger partial charge in [-0.1, -0.05) is 29.3 Å². The summed E-state index contributed by atoms with van der Waals surface area (Å²) < 4.78 is 0. The van der Waals surface area contributed by atoms with Crippen molar-refractivity contribution in [3.8, 4) is 11.4 Å². The lowest BCUT2D eigenvalue weighted by Crippen LogP contribution is -1.98. The van der Waals surface area contributed by atoms with Gasteiger partial charge in [-0.15, -0.1) is 0 Å². The monoisotopic (exact) mass is 303 g/mol. The van der Waals surface area contributed by atoms with Gasteiger partial charge in [0.05, 0.1) is 10.5 Å². The van der Waals surface area contributed by atoms with Gasteiger partial charge in [-0.2, -0.15) is 0 Å². The number of hydrogen-bond donors (Lipinski definition) is 1. The number of halogens is 2. The fraction of sp³-hybridized carbons (Fsp3) is 0.0667. The second kappa shape index (κ2) is 4.93. The van der Waals surface area contributed by atoms with E-state index >= 15 is 0 Å². The molecule has 0 aliphatic rings. The van der Waals surface area contributed by atoms with Crippen molar-refractivity contribution in [1.29, 1.82) is 0 Å². The van der Waals surface area contributed by atoms with Gasteiger partial charge < -0.3 is 5.73 Å². The Morgan fingerprint density at radius 1 is 1.00 bits per heavy atom. The zero-order valence-corrected chi connectivity index (χ0v) is 12.2. The smallest absolute Gasteiger partial charge is 0.163 e. The van der Waals surface area contributed by atoms with E-state index in [1.807, 2.05) is 31.2 Å². The van der Waals surface area contributed by atoms with Crippen molar-refractivity contribution in [2.75, 3.05) is 5.73 Å². The third-order valence-corrected chi connectivity index (χ3v) is 3.60. The van der Waals surface area contributed by atoms with Crippen LogP contribution < -0.4 is 5.73 Å². The molecule has 0 unspecified atom stereocenters. The summed E-state index contributed by atoms with van der Waals surface area (Å²) in [4.78, 5) is 8.83. The molecular formula is C15H11Cl2N3. The topological polar surface area (TPSA) is 51.8 Å². The molecule has 0 aliphatic carbocycles. The average Bonchev–Trinajstić information content (AvgIpc) is 2.39. The van der Waals surface area contributed by atoms with E-state index in [0.717, 1.165) is 22.0 Å². The van der Waals surface area contributed by atoms with E-state index in [0.29, 0.717) is 21.7 Å². The van der Waals surface area contributed by atoms with Crippen LogP contribution in [0.25, 0.3) is 22.3 Å². The van der Waals surface area contributed by atoms with E-state index < -0.39 is 0 Å². The summed E-state index contributed by atoms with van der Waals surface area (Å²) in [6.07, 6.45) is 0. The van der Waals surface area contributed by atoms with E-state index in [9.17, 15) is 0 Å². The number of anilines is 1. The second-order valence-electron chi connectivity index (χ2n) is 4.58. The minimum atomic E-state index is 0.393. The molecule has 3 rings (SSSR count). The number of hydrogen-bond acceptors (Lipinski definition) is 3. The van der Waals surface area contributed by atoms with Gasteiger partial charge >= 0.3 is 0 Å². The van der Waals surface area contributed by atoms with Crippen LogP contribution in [0.3, 0.4) is 0 Å². The molecule has 0 saturated carbocycles. The summed E-state index contributed by atoms with van der Waals surface area (Å²) in [7, 11) is 0. The lowest BCUT2D eigenvalue weighted by molar-refractivity contribution is 1.23. The maximum atomic E-state index is 6.25. The number of rotatable bonds is 1. The van der Waals surface area contributed by atoms with Crippen LogP contribution in [0.5, 0.6) is 0 Å². The molecule has 1 heterocycles. The zero-order valence-electron chi connectivity index (χ0n) is 10.7. The summed E-state index contributed by atoms with van der Waals surface area (Å²) in [6.45, 7) is 1.98. The van der Waals surface area contributed by atoms with Gasteiger partial charge in [-0.25, -0.2) is 9.97 Å². The van der Waals surface area contributed by atoms with Crippen molar-refractivity contribution < 1.29 is 0 Å². The molecule has 0 amide bonds. The Balaban J connectivity index is 2.24. The van der Waals surface area contributed by atoms with Crippen molar-refractivity contribution in [2.45, 2.75) is 6.92 Å². The van der Waals surface area contributed by atoms with Gasteiger partial charge in [0.2, 0.25) is 0 Å². The Bertz CT molecular complexity index is 816. The molecular weight excluding hydrogens is 293 g/mol. The molecule has 0 aliphatic heterocycles. The molecule has 0 bridgehead atoms.